The molecule has 2 aliphatic rings. The van der Waals surface area contributed by atoms with Crippen molar-refractivity contribution >= 4 is 0 Å². The number of nitrogens with one attached hydrogen (secondary N) is 2. The molecular weight excluding hydrogens is 236 g/mol. The SMILES string of the molecule is CC(CNC1CC1)NCC1CCOc2ccccc21. The molecule has 19 heavy (non-hydrogen) atoms. The summed E-state index contributed by atoms with van der Waals surface area (Å²) in [7, 11) is 0. The van der Waals surface area contributed by atoms with E-state index in [1.807, 2.05) is 0 Å². The molecule has 1 saturated carbocycles. The van der Waals surface area contributed by atoms with Gasteiger partial charge in [0.1, 0.15) is 5.75 Å². The van der Waals surface area contributed by atoms with Crippen LogP contribution in [-0.2, 0) is 0 Å². The predicted octanol–water partition coefficient (Wildman–Crippen LogP) is 2.28. The summed E-state index contributed by atoms with van der Waals surface area (Å²) in [5.41, 5.74) is 1.36. The van der Waals surface area contributed by atoms with Gasteiger partial charge >= 0.3 is 0 Å². The Labute approximate surface area is 115 Å². The fourth-order valence-electron chi connectivity index (χ4n) is 2.67. The third kappa shape index (κ3) is 3.48. The van der Waals surface area contributed by atoms with Gasteiger partial charge in [-0.25, -0.2) is 0 Å². The topological polar surface area (TPSA) is 33.3 Å². The Balaban J connectivity index is 1.49. The van der Waals surface area contributed by atoms with Crippen LogP contribution >= 0.6 is 0 Å². The summed E-state index contributed by atoms with van der Waals surface area (Å²) in [4.78, 5) is 0. The van der Waals surface area contributed by atoms with Crippen molar-refractivity contribution in [3.8, 4) is 5.75 Å². The molecule has 3 nitrogen and oxygen atoms in total. The van der Waals surface area contributed by atoms with Crippen LogP contribution in [0.3, 0.4) is 0 Å². The minimum atomic E-state index is 0.538. The highest BCUT2D eigenvalue weighted by Gasteiger charge is 2.23. The van der Waals surface area contributed by atoms with Crippen LogP contribution < -0.4 is 15.4 Å². The van der Waals surface area contributed by atoms with Gasteiger partial charge in [-0.15, -0.1) is 0 Å². The molecule has 1 heterocycles. The maximum absolute atomic E-state index is 5.71. The Morgan fingerprint density at radius 2 is 2.11 bits per heavy atom. The molecule has 0 radical (unpaired) electrons. The van der Waals surface area contributed by atoms with Gasteiger partial charge in [0.05, 0.1) is 6.61 Å². The first-order valence-corrected chi connectivity index (χ1v) is 7.51. The second kappa shape index (κ2) is 5.93. The highest BCUT2D eigenvalue weighted by atomic mass is 16.5. The third-order valence-corrected chi connectivity index (χ3v) is 4.09. The second-order valence-electron chi connectivity index (χ2n) is 5.86. The third-order valence-electron chi connectivity index (χ3n) is 4.09. The van der Waals surface area contributed by atoms with Crippen LogP contribution in [-0.4, -0.2) is 31.8 Å². The van der Waals surface area contributed by atoms with E-state index in [0.717, 1.165) is 37.9 Å². The molecule has 1 aliphatic carbocycles. The van der Waals surface area contributed by atoms with Gasteiger partial charge in [-0.3, -0.25) is 0 Å². The lowest BCUT2D eigenvalue weighted by Crippen LogP contribution is -2.39. The van der Waals surface area contributed by atoms with Gasteiger partial charge in [0, 0.05) is 31.1 Å². The highest BCUT2D eigenvalue weighted by molar-refractivity contribution is 5.37. The van der Waals surface area contributed by atoms with Crippen LogP contribution in [0.2, 0.25) is 0 Å². The zero-order valence-corrected chi connectivity index (χ0v) is 11.7. The van der Waals surface area contributed by atoms with Gasteiger partial charge in [0.15, 0.2) is 0 Å². The summed E-state index contributed by atoms with van der Waals surface area (Å²) in [5.74, 6) is 1.66. The predicted molar refractivity (Wildman–Crippen MR) is 77.8 cm³/mol. The number of fused-ring (bicyclic) bond motifs is 1. The fourth-order valence-corrected chi connectivity index (χ4v) is 2.67. The van der Waals surface area contributed by atoms with Crippen molar-refractivity contribution in [1.29, 1.82) is 0 Å². The maximum Gasteiger partial charge on any atom is 0.122 e. The average Bonchev–Trinajstić information content (AvgIpc) is 3.27. The van der Waals surface area contributed by atoms with Gasteiger partial charge < -0.3 is 15.4 Å². The zero-order valence-electron chi connectivity index (χ0n) is 11.7. The summed E-state index contributed by atoms with van der Waals surface area (Å²) in [5, 5.41) is 7.23. The first-order chi connectivity index (χ1) is 9.33. The minimum Gasteiger partial charge on any atom is -0.493 e. The molecule has 3 rings (SSSR count). The molecule has 0 spiro atoms. The molecule has 1 aromatic rings. The molecule has 0 bridgehead atoms. The van der Waals surface area contributed by atoms with E-state index >= 15 is 0 Å². The Morgan fingerprint density at radius 1 is 1.26 bits per heavy atom. The molecule has 1 aromatic carbocycles. The van der Waals surface area contributed by atoms with Gasteiger partial charge in [-0.2, -0.15) is 0 Å². The van der Waals surface area contributed by atoms with Gasteiger partial charge in [-0.05, 0) is 37.8 Å². The van der Waals surface area contributed by atoms with Crippen LogP contribution in [0.5, 0.6) is 5.75 Å². The molecule has 1 aliphatic heterocycles. The highest BCUT2D eigenvalue weighted by Crippen LogP contribution is 2.32. The largest absolute Gasteiger partial charge is 0.493 e. The first-order valence-electron chi connectivity index (χ1n) is 7.51. The monoisotopic (exact) mass is 260 g/mol. The van der Waals surface area contributed by atoms with Crippen LogP contribution in [0.1, 0.15) is 37.7 Å². The summed E-state index contributed by atoms with van der Waals surface area (Å²) in [6.07, 6.45) is 3.84. The average molecular weight is 260 g/mol. The molecule has 2 unspecified atom stereocenters. The molecule has 2 N–H and O–H groups in total. The van der Waals surface area contributed by atoms with Crippen molar-refractivity contribution in [2.75, 3.05) is 19.7 Å². The Hall–Kier alpha value is -1.06. The molecule has 2 atom stereocenters. The first kappa shape index (κ1) is 12.9. The van der Waals surface area contributed by atoms with E-state index in [4.69, 9.17) is 4.74 Å². The van der Waals surface area contributed by atoms with Crippen LogP contribution in [0.4, 0.5) is 0 Å². The molecule has 104 valence electrons. The molecule has 1 fully saturated rings. The summed E-state index contributed by atoms with van der Waals surface area (Å²) < 4.78 is 5.71. The lowest BCUT2D eigenvalue weighted by atomic mass is 9.93. The summed E-state index contributed by atoms with van der Waals surface area (Å²) in [6.45, 7) is 5.24. The van der Waals surface area contributed by atoms with Gasteiger partial charge in [0.2, 0.25) is 0 Å². The van der Waals surface area contributed by atoms with Crippen molar-refractivity contribution in [2.45, 2.75) is 44.2 Å². The van der Waals surface area contributed by atoms with Crippen molar-refractivity contribution < 1.29 is 4.74 Å². The molecule has 0 amide bonds. The minimum absolute atomic E-state index is 0.538. The number of hydrogen-bond donors (Lipinski definition) is 2. The Bertz CT molecular complexity index is 417. The molecule has 3 heteroatoms. The van der Waals surface area contributed by atoms with Crippen molar-refractivity contribution in [3.05, 3.63) is 29.8 Å². The van der Waals surface area contributed by atoms with Gasteiger partial charge in [0.25, 0.3) is 0 Å². The lowest BCUT2D eigenvalue weighted by molar-refractivity contribution is 0.262. The van der Waals surface area contributed by atoms with Crippen LogP contribution in [0.25, 0.3) is 0 Å². The fraction of sp³-hybridized carbons (Fsp3) is 0.625. The van der Waals surface area contributed by atoms with E-state index in [1.54, 1.807) is 0 Å². The molecular formula is C16H24N2O. The van der Waals surface area contributed by atoms with Crippen molar-refractivity contribution in [3.63, 3.8) is 0 Å². The number of para-hydroxylation sites is 1. The number of benzene rings is 1. The van der Waals surface area contributed by atoms with E-state index in [1.165, 1.54) is 18.4 Å². The van der Waals surface area contributed by atoms with E-state index in [0.29, 0.717) is 12.0 Å². The molecule has 0 aromatic heterocycles. The number of hydrogen-bond acceptors (Lipinski definition) is 3. The zero-order chi connectivity index (χ0) is 13.1. The van der Waals surface area contributed by atoms with Crippen molar-refractivity contribution in [2.24, 2.45) is 0 Å². The normalized spacial score (nSPS) is 23.5. The van der Waals surface area contributed by atoms with E-state index in [9.17, 15) is 0 Å². The lowest BCUT2D eigenvalue weighted by Gasteiger charge is -2.27. The Morgan fingerprint density at radius 3 is 2.95 bits per heavy atom. The van der Waals surface area contributed by atoms with E-state index in [-0.39, 0.29) is 0 Å². The van der Waals surface area contributed by atoms with E-state index in [2.05, 4.69) is 41.8 Å². The summed E-state index contributed by atoms with van der Waals surface area (Å²) in [6, 6.07) is 9.78. The van der Waals surface area contributed by atoms with Crippen molar-refractivity contribution in [1.82, 2.24) is 10.6 Å². The quantitative estimate of drug-likeness (QED) is 0.823. The van der Waals surface area contributed by atoms with Gasteiger partial charge in [-0.1, -0.05) is 18.2 Å². The van der Waals surface area contributed by atoms with E-state index < -0.39 is 0 Å². The Kier molecular flexibility index (Phi) is 4.04. The second-order valence-corrected chi connectivity index (χ2v) is 5.86. The van der Waals surface area contributed by atoms with Crippen LogP contribution in [0, 0.1) is 0 Å². The number of ether oxygens (including phenoxy) is 1. The maximum atomic E-state index is 5.71. The number of rotatable bonds is 6. The molecule has 0 saturated heterocycles. The standard InChI is InChI=1S/C16H24N2O/c1-12(10-18-14-6-7-14)17-11-13-8-9-19-16-5-3-2-4-15(13)16/h2-5,12-14,17-18H,6-11H2,1H3. The summed E-state index contributed by atoms with van der Waals surface area (Å²) >= 11 is 0. The smallest absolute Gasteiger partial charge is 0.122 e. The van der Waals surface area contributed by atoms with Crippen LogP contribution in [0.15, 0.2) is 24.3 Å².